The summed E-state index contributed by atoms with van der Waals surface area (Å²) < 4.78 is 22.1. The van der Waals surface area contributed by atoms with Gasteiger partial charge in [0.05, 0.1) is 4.75 Å². The number of hydrogen-bond donors (Lipinski definition) is 2. The Labute approximate surface area is 91.0 Å². The van der Waals surface area contributed by atoms with Crippen molar-refractivity contribution >= 4 is 9.84 Å². The zero-order valence-electron chi connectivity index (χ0n) is 9.37. The fourth-order valence-corrected chi connectivity index (χ4v) is 1.47. The smallest absolute Gasteiger partial charge is 0.153 e. The van der Waals surface area contributed by atoms with Crippen LogP contribution in [0.25, 0.3) is 0 Å². The lowest BCUT2D eigenvalue weighted by atomic mass is 10.2. The Morgan fingerprint density at radius 1 is 1.47 bits per heavy atom. The van der Waals surface area contributed by atoms with Gasteiger partial charge in [-0.2, -0.15) is 0 Å². The molecule has 86 valence electrons. The summed E-state index contributed by atoms with van der Waals surface area (Å²) in [5.74, 6) is 0. The van der Waals surface area contributed by atoms with Gasteiger partial charge in [-0.3, -0.25) is 0 Å². The molecule has 15 heavy (non-hydrogen) atoms. The van der Waals surface area contributed by atoms with Crippen LogP contribution in [-0.4, -0.2) is 30.9 Å². The fourth-order valence-electron chi connectivity index (χ4n) is 1.11. The molecule has 0 radical (unpaired) electrons. The molecule has 0 fully saturated rings. The average molecular weight is 230 g/mol. The maximum Gasteiger partial charge on any atom is 0.153 e. The van der Waals surface area contributed by atoms with Crippen LogP contribution in [0.1, 0.15) is 19.5 Å². The SMILES string of the molecule is CC(C)(CNCc1ccc[nH]1)S(C)(=O)=O. The molecule has 1 heterocycles. The Kier molecular flexibility index (Phi) is 3.57. The summed E-state index contributed by atoms with van der Waals surface area (Å²) in [6.45, 7) is 4.56. The van der Waals surface area contributed by atoms with Gasteiger partial charge in [0.2, 0.25) is 0 Å². The van der Waals surface area contributed by atoms with Crippen molar-refractivity contribution in [3.05, 3.63) is 24.0 Å². The van der Waals surface area contributed by atoms with Gasteiger partial charge in [-0.15, -0.1) is 0 Å². The van der Waals surface area contributed by atoms with E-state index in [1.165, 1.54) is 6.26 Å². The average Bonchev–Trinajstić information content (AvgIpc) is 2.54. The quantitative estimate of drug-likeness (QED) is 0.791. The second-order valence-electron chi connectivity index (χ2n) is 4.33. The maximum atomic E-state index is 11.4. The van der Waals surface area contributed by atoms with Gasteiger partial charge in [0, 0.05) is 31.2 Å². The van der Waals surface area contributed by atoms with E-state index < -0.39 is 14.6 Å². The highest BCUT2D eigenvalue weighted by atomic mass is 32.2. The number of aromatic amines is 1. The molecule has 0 spiro atoms. The fraction of sp³-hybridized carbons (Fsp3) is 0.600. The van der Waals surface area contributed by atoms with Crippen molar-refractivity contribution in [3.63, 3.8) is 0 Å². The van der Waals surface area contributed by atoms with Crippen molar-refractivity contribution in [1.29, 1.82) is 0 Å². The first kappa shape index (κ1) is 12.3. The second-order valence-corrected chi connectivity index (χ2v) is 6.98. The van der Waals surface area contributed by atoms with Crippen LogP contribution in [0.2, 0.25) is 0 Å². The minimum atomic E-state index is -3.02. The van der Waals surface area contributed by atoms with Crippen molar-refractivity contribution in [2.45, 2.75) is 25.1 Å². The third-order valence-corrected chi connectivity index (χ3v) is 4.68. The molecular formula is C10H18N2O2S. The molecule has 0 aliphatic rings. The Bertz CT molecular complexity index is 393. The molecule has 0 amide bonds. The predicted molar refractivity (Wildman–Crippen MR) is 61.4 cm³/mol. The number of hydrogen-bond acceptors (Lipinski definition) is 3. The molecule has 0 saturated carbocycles. The Balaban J connectivity index is 2.44. The van der Waals surface area contributed by atoms with E-state index in [1.54, 1.807) is 13.8 Å². The van der Waals surface area contributed by atoms with Crippen molar-refractivity contribution in [2.75, 3.05) is 12.8 Å². The summed E-state index contributed by atoms with van der Waals surface area (Å²) in [6, 6.07) is 3.87. The normalized spacial score (nSPS) is 13.0. The van der Waals surface area contributed by atoms with Crippen LogP contribution in [0.4, 0.5) is 0 Å². The lowest BCUT2D eigenvalue weighted by Crippen LogP contribution is -2.41. The minimum absolute atomic E-state index is 0.449. The molecule has 1 aromatic heterocycles. The molecule has 0 aliphatic carbocycles. The van der Waals surface area contributed by atoms with E-state index in [0.717, 1.165) is 5.69 Å². The van der Waals surface area contributed by atoms with Gasteiger partial charge in [-0.1, -0.05) is 0 Å². The van der Waals surface area contributed by atoms with E-state index in [4.69, 9.17) is 0 Å². The van der Waals surface area contributed by atoms with Crippen LogP contribution in [0.5, 0.6) is 0 Å². The van der Waals surface area contributed by atoms with E-state index in [9.17, 15) is 8.42 Å². The number of sulfone groups is 1. The summed E-state index contributed by atoms with van der Waals surface area (Å²) >= 11 is 0. The molecule has 0 bridgehead atoms. The number of nitrogens with one attached hydrogen (secondary N) is 2. The highest BCUT2D eigenvalue weighted by Gasteiger charge is 2.29. The lowest BCUT2D eigenvalue weighted by Gasteiger charge is -2.22. The standard InChI is InChI=1S/C10H18N2O2S/c1-10(2,15(3,13)14)8-11-7-9-5-4-6-12-9/h4-6,11-12H,7-8H2,1-3H3. The van der Waals surface area contributed by atoms with Gasteiger partial charge in [0.1, 0.15) is 0 Å². The highest BCUT2D eigenvalue weighted by Crippen LogP contribution is 2.13. The third kappa shape index (κ3) is 3.35. The summed E-state index contributed by atoms with van der Waals surface area (Å²) in [5.41, 5.74) is 1.05. The van der Waals surface area contributed by atoms with Crippen molar-refractivity contribution in [3.8, 4) is 0 Å². The molecule has 2 N–H and O–H groups in total. The summed E-state index contributed by atoms with van der Waals surface area (Å²) in [7, 11) is -3.02. The van der Waals surface area contributed by atoms with Crippen molar-refractivity contribution in [2.24, 2.45) is 0 Å². The van der Waals surface area contributed by atoms with E-state index >= 15 is 0 Å². The molecule has 1 aromatic rings. The molecule has 5 heteroatoms. The van der Waals surface area contributed by atoms with Crippen LogP contribution in [0, 0.1) is 0 Å². The monoisotopic (exact) mass is 230 g/mol. The van der Waals surface area contributed by atoms with Gasteiger partial charge < -0.3 is 10.3 Å². The molecule has 0 unspecified atom stereocenters. The number of aromatic nitrogens is 1. The molecule has 0 atom stereocenters. The molecule has 1 rings (SSSR count). The van der Waals surface area contributed by atoms with E-state index in [0.29, 0.717) is 13.1 Å². The topological polar surface area (TPSA) is 62.0 Å². The van der Waals surface area contributed by atoms with Crippen LogP contribution in [-0.2, 0) is 16.4 Å². The number of rotatable bonds is 5. The highest BCUT2D eigenvalue weighted by molar-refractivity contribution is 7.92. The summed E-state index contributed by atoms with van der Waals surface area (Å²) in [4.78, 5) is 3.05. The largest absolute Gasteiger partial charge is 0.364 e. The van der Waals surface area contributed by atoms with Gasteiger partial charge in [0.25, 0.3) is 0 Å². The molecule has 0 aromatic carbocycles. The summed E-state index contributed by atoms with van der Waals surface area (Å²) in [5, 5.41) is 3.12. The van der Waals surface area contributed by atoms with Gasteiger partial charge >= 0.3 is 0 Å². The molecule has 0 aliphatic heterocycles. The first-order chi connectivity index (χ1) is 6.83. The second kappa shape index (κ2) is 4.37. The van der Waals surface area contributed by atoms with Crippen LogP contribution in [0.3, 0.4) is 0 Å². The minimum Gasteiger partial charge on any atom is -0.364 e. The third-order valence-electron chi connectivity index (χ3n) is 2.53. The molecule has 0 saturated heterocycles. The first-order valence-electron chi connectivity index (χ1n) is 4.85. The maximum absolute atomic E-state index is 11.4. The van der Waals surface area contributed by atoms with Crippen molar-refractivity contribution < 1.29 is 8.42 Å². The first-order valence-corrected chi connectivity index (χ1v) is 6.75. The van der Waals surface area contributed by atoms with Gasteiger partial charge in [-0.25, -0.2) is 8.42 Å². The predicted octanol–water partition coefficient (Wildman–Crippen LogP) is 0.928. The Hall–Kier alpha value is -0.810. The zero-order chi connectivity index (χ0) is 11.5. The van der Waals surface area contributed by atoms with Crippen LogP contribution >= 0.6 is 0 Å². The lowest BCUT2D eigenvalue weighted by molar-refractivity contribution is 0.520. The molecular weight excluding hydrogens is 212 g/mol. The Morgan fingerprint density at radius 3 is 2.60 bits per heavy atom. The van der Waals surface area contributed by atoms with Crippen molar-refractivity contribution in [1.82, 2.24) is 10.3 Å². The molecule has 4 nitrogen and oxygen atoms in total. The van der Waals surface area contributed by atoms with E-state index in [2.05, 4.69) is 10.3 Å². The summed E-state index contributed by atoms with van der Waals surface area (Å²) in [6.07, 6.45) is 3.11. The van der Waals surface area contributed by atoms with Crippen LogP contribution < -0.4 is 5.32 Å². The number of H-pyrrole nitrogens is 1. The Morgan fingerprint density at radius 2 is 2.13 bits per heavy atom. The van der Waals surface area contributed by atoms with Gasteiger partial charge in [-0.05, 0) is 26.0 Å². The van der Waals surface area contributed by atoms with E-state index in [-0.39, 0.29) is 0 Å². The zero-order valence-corrected chi connectivity index (χ0v) is 10.2. The van der Waals surface area contributed by atoms with E-state index in [1.807, 2.05) is 18.3 Å². The van der Waals surface area contributed by atoms with Crippen LogP contribution in [0.15, 0.2) is 18.3 Å². The van der Waals surface area contributed by atoms with Gasteiger partial charge in [0.15, 0.2) is 9.84 Å².